The Bertz CT molecular complexity index is 465. The summed E-state index contributed by atoms with van der Waals surface area (Å²) >= 11 is 0. The van der Waals surface area contributed by atoms with Crippen LogP contribution in [0.2, 0.25) is 0 Å². The average Bonchev–Trinajstić information content (AvgIpc) is 3.08. The van der Waals surface area contributed by atoms with E-state index in [1.807, 2.05) is 4.90 Å². The Morgan fingerprint density at radius 2 is 1.91 bits per heavy atom. The van der Waals surface area contributed by atoms with Crippen molar-refractivity contribution < 1.29 is 14.0 Å². The van der Waals surface area contributed by atoms with Crippen molar-refractivity contribution in [1.29, 1.82) is 0 Å². The van der Waals surface area contributed by atoms with Crippen molar-refractivity contribution in [1.82, 2.24) is 15.1 Å². The summed E-state index contributed by atoms with van der Waals surface area (Å²) in [5, 5.41) is 3.28. The molecule has 0 saturated carbocycles. The molecule has 1 fully saturated rings. The van der Waals surface area contributed by atoms with Crippen LogP contribution in [0.15, 0.2) is 22.8 Å². The topological polar surface area (TPSA) is 65.8 Å². The number of carbonyl (C=O) groups excluding carboxylic acids is 2. The number of rotatable bonds is 7. The van der Waals surface area contributed by atoms with Gasteiger partial charge in [-0.1, -0.05) is 13.3 Å². The second-order valence-electron chi connectivity index (χ2n) is 5.50. The molecule has 0 bridgehead atoms. The van der Waals surface area contributed by atoms with Gasteiger partial charge in [0.1, 0.15) is 0 Å². The van der Waals surface area contributed by atoms with Crippen molar-refractivity contribution in [3.8, 4) is 0 Å². The second kappa shape index (κ2) is 8.58. The summed E-state index contributed by atoms with van der Waals surface area (Å²) in [5.74, 6) is 0.423. The molecule has 1 saturated heterocycles. The molecule has 1 aliphatic rings. The summed E-state index contributed by atoms with van der Waals surface area (Å²) in [6.45, 7) is 6.17. The van der Waals surface area contributed by atoms with Crippen LogP contribution in [0.25, 0.3) is 0 Å². The molecule has 22 heavy (non-hydrogen) atoms. The lowest BCUT2D eigenvalue weighted by molar-refractivity contribution is -0.132. The van der Waals surface area contributed by atoms with Gasteiger partial charge in [0.2, 0.25) is 5.91 Å². The van der Waals surface area contributed by atoms with Gasteiger partial charge in [0.05, 0.1) is 6.26 Å². The first-order valence-corrected chi connectivity index (χ1v) is 8.03. The number of furan rings is 1. The maximum absolute atomic E-state index is 12.1. The number of carbonyl (C=O) groups is 2. The molecule has 0 aliphatic carbocycles. The highest BCUT2D eigenvalue weighted by atomic mass is 16.3. The number of unbranched alkanes of at least 4 members (excludes halogenated alkanes) is 1. The smallest absolute Gasteiger partial charge is 0.289 e. The van der Waals surface area contributed by atoms with Gasteiger partial charge in [0, 0.05) is 39.1 Å². The Morgan fingerprint density at radius 3 is 2.55 bits per heavy atom. The van der Waals surface area contributed by atoms with Crippen LogP contribution >= 0.6 is 0 Å². The molecule has 0 aromatic carbocycles. The van der Waals surface area contributed by atoms with Gasteiger partial charge in [-0.2, -0.15) is 0 Å². The number of nitrogens with zero attached hydrogens (tertiary/aromatic N) is 2. The lowest BCUT2D eigenvalue weighted by atomic mass is 10.2. The van der Waals surface area contributed by atoms with Gasteiger partial charge >= 0.3 is 0 Å². The van der Waals surface area contributed by atoms with Gasteiger partial charge in [-0.05, 0) is 25.1 Å². The normalized spacial score (nSPS) is 15.1. The van der Waals surface area contributed by atoms with E-state index < -0.39 is 0 Å². The summed E-state index contributed by atoms with van der Waals surface area (Å²) in [6.07, 6.45) is 4.32. The van der Waals surface area contributed by atoms with Gasteiger partial charge < -0.3 is 19.5 Å². The van der Waals surface area contributed by atoms with Crippen molar-refractivity contribution in [2.45, 2.75) is 26.2 Å². The van der Waals surface area contributed by atoms with Crippen molar-refractivity contribution in [2.75, 3.05) is 39.3 Å². The van der Waals surface area contributed by atoms with Gasteiger partial charge in [-0.3, -0.25) is 9.59 Å². The Balaban J connectivity index is 1.68. The van der Waals surface area contributed by atoms with Crippen LogP contribution in [0.4, 0.5) is 0 Å². The number of hydrogen-bond acceptors (Lipinski definition) is 4. The predicted molar refractivity (Wildman–Crippen MR) is 83.6 cm³/mol. The Kier molecular flexibility index (Phi) is 6.45. The van der Waals surface area contributed by atoms with E-state index in [1.165, 1.54) is 6.26 Å². The highest BCUT2D eigenvalue weighted by Gasteiger charge is 2.25. The van der Waals surface area contributed by atoms with Crippen LogP contribution in [0, 0.1) is 0 Å². The minimum absolute atomic E-state index is 0.0988. The van der Waals surface area contributed by atoms with E-state index in [9.17, 15) is 9.59 Å². The highest BCUT2D eigenvalue weighted by Crippen LogP contribution is 2.10. The summed E-state index contributed by atoms with van der Waals surface area (Å²) in [7, 11) is 0. The first-order valence-electron chi connectivity index (χ1n) is 8.03. The molecule has 0 radical (unpaired) electrons. The zero-order valence-electron chi connectivity index (χ0n) is 13.2. The molecule has 0 spiro atoms. The van der Waals surface area contributed by atoms with Gasteiger partial charge in [0.25, 0.3) is 5.91 Å². The monoisotopic (exact) mass is 307 g/mol. The summed E-state index contributed by atoms with van der Waals surface area (Å²) in [4.78, 5) is 27.8. The molecule has 122 valence electrons. The molecule has 2 heterocycles. The second-order valence-corrected chi connectivity index (χ2v) is 5.50. The summed E-state index contributed by atoms with van der Waals surface area (Å²) in [5.41, 5.74) is 0. The average molecular weight is 307 g/mol. The van der Waals surface area contributed by atoms with E-state index in [1.54, 1.807) is 17.0 Å². The summed E-state index contributed by atoms with van der Waals surface area (Å²) in [6, 6.07) is 3.38. The van der Waals surface area contributed by atoms with Crippen LogP contribution in [0.1, 0.15) is 36.7 Å². The Morgan fingerprint density at radius 1 is 1.18 bits per heavy atom. The molecule has 6 nitrogen and oxygen atoms in total. The fourth-order valence-corrected chi connectivity index (χ4v) is 2.50. The lowest BCUT2D eigenvalue weighted by Gasteiger charge is -2.34. The minimum atomic E-state index is -0.0988. The number of nitrogens with one attached hydrogen (secondary N) is 1. The SMILES string of the molecule is CCCCNCCC(=O)N1CCN(C(=O)c2ccco2)CC1. The zero-order chi connectivity index (χ0) is 15.8. The molecule has 1 aromatic rings. The standard InChI is InChI=1S/C16H25N3O3/c1-2-3-7-17-8-6-15(20)18-9-11-19(12-10-18)16(21)14-5-4-13-22-14/h4-5,13,17H,2-3,6-12H2,1H3. The van der Waals surface area contributed by atoms with E-state index in [0.717, 1.165) is 25.9 Å². The third-order valence-corrected chi connectivity index (χ3v) is 3.87. The van der Waals surface area contributed by atoms with Gasteiger partial charge in [-0.25, -0.2) is 0 Å². The number of hydrogen-bond donors (Lipinski definition) is 1. The molecule has 2 amide bonds. The van der Waals surface area contributed by atoms with Crippen LogP contribution in [-0.2, 0) is 4.79 Å². The molecular formula is C16H25N3O3. The molecule has 1 N–H and O–H groups in total. The van der Waals surface area contributed by atoms with Gasteiger partial charge in [0.15, 0.2) is 5.76 Å². The largest absolute Gasteiger partial charge is 0.459 e. The van der Waals surface area contributed by atoms with Crippen LogP contribution in [0.5, 0.6) is 0 Å². The maximum Gasteiger partial charge on any atom is 0.289 e. The first-order chi connectivity index (χ1) is 10.7. The van der Waals surface area contributed by atoms with E-state index >= 15 is 0 Å². The molecule has 1 aromatic heterocycles. The molecule has 2 rings (SSSR count). The van der Waals surface area contributed by atoms with E-state index in [2.05, 4.69) is 12.2 Å². The van der Waals surface area contributed by atoms with Crippen LogP contribution in [0.3, 0.4) is 0 Å². The first kappa shape index (κ1) is 16.5. The molecule has 1 aliphatic heterocycles. The van der Waals surface area contributed by atoms with E-state index in [0.29, 0.717) is 38.4 Å². The third-order valence-electron chi connectivity index (χ3n) is 3.87. The quantitative estimate of drug-likeness (QED) is 0.772. The predicted octanol–water partition coefficient (Wildman–Crippen LogP) is 1.34. The lowest BCUT2D eigenvalue weighted by Crippen LogP contribution is -2.50. The van der Waals surface area contributed by atoms with Crippen molar-refractivity contribution >= 4 is 11.8 Å². The number of piperazine rings is 1. The fraction of sp³-hybridized carbons (Fsp3) is 0.625. The van der Waals surface area contributed by atoms with E-state index in [-0.39, 0.29) is 11.8 Å². The third kappa shape index (κ3) is 4.59. The van der Waals surface area contributed by atoms with Crippen molar-refractivity contribution in [2.24, 2.45) is 0 Å². The Labute approximate surface area is 131 Å². The molecule has 6 heteroatoms. The minimum Gasteiger partial charge on any atom is -0.459 e. The van der Waals surface area contributed by atoms with Gasteiger partial charge in [-0.15, -0.1) is 0 Å². The zero-order valence-corrected chi connectivity index (χ0v) is 13.2. The number of amides is 2. The molecular weight excluding hydrogens is 282 g/mol. The van der Waals surface area contributed by atoms with Crippen molar-refractivity contribution in [3.63, 3.8) is 0 Å². The fourth-order valence-electron chi connectivity index (χ4n) is 2.50. The van der Waals surface area contributed by atoms with E-state index in [4.69, 9.17) is 4.42 Å². The van der Waals surface area contributed by atoms with Crippen LogP contribution in [-0.4, -0.2) is 60.9 Å². The maximum atomic E-state index is 12.1. The van der Waals surface area contributed by atoms with Crippen LogP contribution < -0.4 is 5.32 Å². The summed E-state index contributed by atoms with van der Waals surface area (Å²) < 4.78 is 5.13. The Hall–Kier alpha value is -1.82. The molecule has 0 atom stereocenters. The van der Waals surface area contributed by atoms with Crippen molar-refractivity contribution in [3.05, 3.63) is 24.2 Å². The highest BCUT2D eigenvalue weighted by molar-refractivity contribution is 5.91. The molecule has 0 unspecified atom stereocenters.